The number of hydrogen-bond acceptors (Lipinski definition) is 3. The zero-order valence-electron chi connectivity index (χ0n) is 8.93. The molecular formula is C10H14N4O2. The van der Waals surface area contributed by atoms with Gasteiger partial charge in [-0.3, -0.25) is 14.3 Å². The molecule has 0 radical (unpaired) electrons. The summed E-state index contributed by atoms with van der Waals surface area (Å²) >= 11 is 0. The van der Waals surface area contributed by atoms with E-state index in [4.69, 9.17) is 0 Å². The van der Waals surface area contributed by atoms with E-state index >= 15 is 0 Å². The van der Waals surface area contributed by atoms with Crippen LogP contribution in [0.2, 0.25) is 0 Å². The van der Waals surface area contributed by atoms with Gasteiger partial charge in [0.1, 0.15) is 6.54 Å². The summed E-state index contributed by atoms with van der Waals surface area (Å²) in [5, 5.41) is 6.70. The summed E-state index contributed by atoms with van der Waals surface area (Å²) in [6, 6.07) is 1.77. The first-order valence-corrected chi connectivity index (χ1v) is 5.27. The lowest BCUT2D eigenvalue weighted by Gasteiger charge is -2.18. The molecule has 1 N–H and O–H groups in total. The molecule has 1 aromatic heterocycles. The average Bonchev–Trinajstić information content (AvgIpc) is 2.65. The molecule has 2 rings (SSSR count). The van der Waals surface area contributed by atoms with Crippen molar-refractivity contribution in [3.05, 3.63) is 18.5 Å². The maximum absolute atomic E-state index is 11.8. The molecule has 1 aliphatic rings. The van der Waals surface area contributed by atoms with Crippen molar-refractivity contribution in [2.45, 2.75) is 13.0 Å². The van der Waals surface area contributed by atoms with Crippen LogP contribution in [0.25, 0.3) is 0 Å². The minimum atomic E-state index is -0.0914. The summed E-state index contributed by atoms with van der Waals surface area (Å²) in [5.74, 6) is -0.160. The number of amides is 2. The van der Waals surface area contributed by atoms with Crippen LogP contribution in [0, 0.1) is 0 Å². The first-order valence-electron chi connectivity index (χ1n) is 5.27. The van der Waals surface area contributed by atoms with Gasteiger partial charge in [0.05, 0.1) is 6.54 Å². The van der Waals surface area contributed by atoms with E-state index in [0.29, 0.717) is 13.1 Å². The smallest absolute Gasteiger partial charge is 0.244 e. The van der Waals surface area contributed by atoms with Crippen LogP contribution in [0.4, 0.5) is 0 Å². The molecule has 1 saturated heterocycles. The van der Waals surface area contributed by atoms with Crippen molar-refractivity contribution in [3.63, 3.8) is 0 Å². The van der Waals surface area contributed by atoms with E-state index in [-0.39, 0.29) is 24.9 Å². The van der Waals surface area contributed by atoms with E-state index in [1.165, 1.54) is 0 Å². The molecule has 2 amide bonds. The summed E-state index contributed by atoms with van der Waals surface area (Å²) in [6.45, 7) is 1.61. The summed E-state index contributed by atoms with van der Waals surface area (Å²) in [6.07, 6.45) is 4.16. The van der Waals surface area contributed by atoms with Gasteiger partial charge in [-0.05, 0) is 12.5 Å². The predicted molar refractivity (Wildman–Crippen MR) is 56.4 cm³/mol. The van der Waals surface area contributed by atoms with Crippen LogP contribution in [-0.2, 0) is 16.1 Å². The summed E-state index contributed by atoms with van der Waals surface area (Å²) in [7, 11) is 0. The van der Waals surface area contributed by atoms with Crippen LogP contribution in [0.1, 0.15) is 6.42 Å². The molecule has 2 heterocycles. The van der Waals surface area contributed by atoms with Gasteiger partial charge in [-0.25, -0.2) is 0 Å². The van der Waals surface area contributed by atoms with Crippen LogP contribution in [0.5, 0.6) is 0 Å². The van der Waals surface area contributed by atoms with Crippen molar-refractivity contribution in [3.8, 4) is 0 Å². The molecule has 0 unspecified atom stereocenters. The van der Waals surface area contributed by atoms with Gasteiger partial charge >= 0.3 is 0 Å². The number of rotatable bonds is 2. The Balaban J connectivity index is 1.95. The highest BCUT2D eigenvalue weighted by atomic mass is 16.2. The second-order valence-corrected chi connectivity index (χ2v) is 3.72. The number of hydrogen-bond donors (Lipinski definition) is 1. The van der Waals surface area contributed by atoms with Crippen molar-refractivity contribution < 1.29 is 9.59 Å². The van der Waals surface area contributed by atoms with Crippen LogP contribution in [0.15, 0.2) is 18.5 Å². The molecule has 0 aromatic carbocycles. The van der Waals surface area contributed by atoms with E-state index in [0.717, 1.165) is 6.42 Å². The quantitative estimate of drug-likeness (QED) is 0.714. The van der Waals surface area contributed by atoms with E-state index in [1.807, 2.05) is 0 Å². The number of nitrogens with one attached hydrogen (secondary N) is 1. The highest BCUT2D eigenvalue weighted by Crippen LogP contribution is 1.99. The minimum absolute atomic E-state index is 0.0687. The zero-order chi connectivity index (χ0) is 11.4. The molecule has 0 saturated carbocycles. The second-order valence-electron chi connectivity index (χ2n) is 3.72. The van der Waals surface area contributed by atoms with Crippen molar-refractivity contribution in [2.75, 3.05) is 19.6 Å². The topological polar surface area (TPSA) is 67.2 Å². The Morgan fingerprint density at radius 2 is 2.44 bits per heavy atom. The Morgan fingerprint density at radius 3 is 3.19 bits per heavy atom. The fourth-order valence-electron chi connectivity index (χ4n) is 1.65. The third-order valence-electron chi connectivity index (χ3n) is 2.47. The molecule has 0 aliphatic carbocycles. The van der Waals surface area contributed by atoms with Gasteiger partial charge in [-0.1, -0.05) is 0 Å². The molecule has 0 spiro atoms. The normalized spacial score (nSPS) is 16.8. The third kappa shape index (κ3) is 2.59. The summed E-state index contributed by atoms with van der Waals surface area (Å²) in [4.78, 5) is 24.7. The van der Waals surface area contributed by atoms with E-state index in [2.05, 4.69) is 10.4 Å². The van der Waals surface area contributed by atoms with Crippen molar-refractivity contribution >= 4 is 11.8 Å². The molecule has 1 fully saturated rings. The number of nitrogens with zero attached hydrogens (tertiary/aromatic N) is 3. The maximum atomic E-state index is 11.8. The Morgan fingerprint density at radius 1 is 1.56 bits per heavy atom. The Labute approximate surface area is 93.2 Å². The monoisotopic (exact) mass is 222 g/mol. The summed E-state index contributed by atoms with van der Waals surface area (Å²) in [5.41, 5.74) is 0. The van der Waals surface area contributed by atoms with Gasteiger partial charge in [0.15, 0.2) is 0 Å². The highest BCUT2D eigenvalue weighted by molar-refractivity contribution is 5.85. The lowest BCUT2D eigenvalue weighted by atomic mass is 10.4. The first kappa shape index (κ1) is 10.7. The maximum Gasteiger partial charge on any atom is 0.244 e. The third-order valence-corrected chi connectivity index (χ3v) is 2.47. The SMILES string of the molecule is O=C1CN(C(=O)Cn2cccn2)CCCN1. The van der Waals surface area contributed by atoms with Gasteiger partial charge < -0.3 is 10.2 Å². The fraction of sp³-hybridized carbons (Fsp3) is 0.500. The van der Waals surface area contributed by atoms with E-state index in [9.17, 15) is 9.59 Å². The first-order chi connectivity index (χ1) is 7.75. The predicted octanol–water partition coefficient (Wildman–Crippen LogP) is -0.768. The van der Waals surface area contributed by atoms with Crippen LogP contribution in [-0.4, -0.2) is 46.1 Å². The van der Waals surface area contributed by atoms with Gasteiger partial charge in [0.2, 0.25) is 11.8 Å². The molecule has 16 heavy (non-hydrogen) atoms. The molecule has 1 aromatic rings. The Bertz CT molecular complexity index is 374. The average molecular weight is 222 g/mol. The summed E-state index contributed by atoms with van der Waals surface area (Å²) < 4.78 is 1.56. The van der Waals surface area contributed by atoms with Crippen molar-refractivity contribution in [1.82, 2.24) is 20.0 Å². The van der Waals surface area contributed by atoms with E-state index < -0.39 is 0 Å². The zero-order valence-corrected chi connectivity index (χ0v) is 8.93. The largest absolute Gasteiger partial charge is 0.354 e. The van der Waals surface area contributed by atoms with Crippen molar-refractivity contribution in [2.24, 2.45) is 0 Å². The van der Waals surface area contributed by atoms with Gasteiger partial charge in [-0.2, -0.15) is 5.10 Å². The minimum Gasteiger partial charge on any atom is -0.354 e. The molecule has 0 atom stereocenters. The standard InChI is InChI=1S/C10H14N4O2/c15-9-7-13(5-1-3-11-9)10(16)8-14-6-2-4-12-14/h2,4,6H,1,3,5,7-8H2,(H,11,15). The molecule has 0 bridgehead atoms. The van der Waals surface area contributed by atoms with Crippen molar-refractivity contribution in [1.29, 1.82) is 0 Å². The Hall–Kier alpha value is -1.85. The lowest BCUT2D eigenvalue weighted by Crippen LogP contribution is -2.39. The number of carbonyl (C=O) groups is 2. The van der Waals surface area contributed by atoms with Gasteiger partial charge in [0, 0.05) is 25.5 Å². The highest BCUT2D eigenvalue weighted by Gasteiger charge is 2.19. The fourth-order valence-corrected chi connectivity index (χ4v) is 1.65. The Kier molecular flexibility index (Phi) is 3.19. The molecule has 6 nitrogen and oxygen atoms in total. The number of aromatic nitrogens is 2. The van der Waals surface area contributed by atoms with Crippen LogP contribution < -0.4 is 5.32 Å². The van der Waals surface area contributed by atoms with Crippen LogP contribution in [0.3, 0.4) is 0 Å². The molecule has 6 heteroatoms. The second kappa shape index (κ2) is 4.78. The van der Waals surface area contributed by atoms with Gasteiger partial charge in [0.25, 0.3) is 0 Å². The lowest BCUT2D eigenvalue weighted by molar-refractivity contribution is -0.135. The van der Waals surface area contributed by atoms with Gasteiger partial charge in [-0.15, -0.1) is 0 Å². The molecule has 86 valence electrons. The molecular weight excluding hydrogens is 208 g/mol. The van der Waals surface area contributed by atoms with Crippen LogP contribution >= 0.6 is 0 Å². The van der Waals surface area contributed by atoms with E-state index in [1.54, 1.807) is 28.0 Å². The number of carbonyl (C=O) groups excluding carboxylic acids is 2. The molecule has 1 aliphatic heterocycles.